The van der Waals surface area contributed by atoms with Crippen LogP contribution in [0.5, 0.6) is 0 Å². The lowest BCUT2D eigenvalue weighted by molar-refractivity contribution is 0.768. The van der Waals surface area contributed by atoms with Gasteiger partial charge in [0, 0.05) is 36.9 Å². The Morgan fingerprint density at radius 1 is 1.39 bits per heavy atom. The Kier molecular flexibility index (Phi) is 2.95. The first kappa shape index (κ1) is 11.5. The molecule has 0 fully saturated rings. The van der Waals surface area contributed by atoms with Crippen molar-refractivity contribution in [3.05, 3.63) is 23.7 Å². The first-order valence-electron chi connectivity index (χ1n) is 5.98. The van der Waals surface area contributed by atoms with Crippen molar-refractivity contribution in [1.82, 2.24) is 19.7 Å². The van der Waals surface area contributed by atoms with Gasteiger partial charge in [0.05, 0.1) is 17.5 Å². The number of thioether (sulfide) groups is 1. The summed E-state index contributed by atoms with van der Waals surface area (Å²) in [6, 6.07) is 0. The van der Waals surface area contributed by atoms with Crippen LogP contribution in [0.2, 0.25) is 0 Å². The predicted molar refractivity (Wildman–Crippen MR) is 73.4 cm³/mol. The zero-order valence-corrected chi connectivity index (χ0v) is 11.3. The summed E-state index contributed by atoms with van der Waals surface area (Å²) in [5.74, 6) is 3.72. The van der Waals surface area contributed by atoms with Crippen molar-refractivity contribution in [2.45, 2.75) is 18.4 Å². The number of rotatable bonds is 3. The van der Waals surface area contributed by atoms with Crippen molar-refractivity contribution in [2.24, 2.45) is 7.05 Å². The van der Waals surface area contributed by atoms with Gasteiger partial charge in [-0.3, -0.25) is 4.68 Å². The highest BCUT2D eigenvalue weighted by atomic mass is 32.2. The molecule has 0 aromatic carbocycles. The number of hydrogen-bond donors (Lipinski definition) is 1. The third-order valence-corrected chi connectivity index (χ3v) is 3.86. The van der Waals surface area contributed by atoms with E-state index in [1.165, 1.54) is 5.56 Å². The molecule has 1 aliphatic rings. The quantitative estimate of drug-likeness (QED) is 0.916. The van der Waals surface area contributed by atoms with Crippen molar-refractivity contribution in [3.8, 4) is 11.4 Å². The Morgan fingerprint density at radius 3 is 3.00 bits per heavy atom. The molecule has 0 saturated heterocycles. The molecular formula is C12H15N5S. The lowest BCUT2D eigenvalue weighted by Crippen LogP contribution is -2.06. The van der Waals surface area contributed by atoms with Crippen LogP contribution in [0.25, 0.3) is 11.4 Å². The molecule has 1 aliphatic heterocycles. The maximum absolute atomic E-state index is 4.65. The van der Waals surface area contributed by atoms with Gasteiger partial charge >= 0.3 is 0 Å². The summed E-state index contributed by atoms with van der Waals surface area (Å²) in [6.07, 6.45) is 3.75. The van der Waals surface area contributed by atoms with Gasteiger partial charge in [-0.05, 0) is 6.92 Å². The fourth-order valence-corrected chi connectivity index (χ4v) is 3.07. The normalized spacial score (nSPS) is 13.7. The molecule has 0 spiro atoms. The summed E-state index contributed by atoms with van der Waals surface area (Å²) in [5.41, 5.74) is 3.38. The van der Waals surface area contributed by atoms with E-state index in [1.807, 2.05) is 25.0 Å². The molecule has 18 heavy (non-hydrogen) atoms. The monoisotopic (exact) mass is 261 g/mol. The molecule has 1 N–H and O–H groups in total. The van der Waals surface area contributed by atoms with E-state index in [2.05, 4.69) is 27.3 Å². The molecule has 0 amide bonds. The standard InChI is InChI=1S/C12H15N5S/c1-3-13-12-9-6-18-7-10(9)15-11(16-12)8-4-14-17(2)5-8/h4-5H,3,6-7H2,1-2H3,(H,13,15,16). The molecule has 0 aliphatic carbocycles. The molecule has 2 aromatic heterocycles. The molecule has 0 unspecified atom stereocenters. The highest BCUT2D eigenvalue weighted by molar-refractivity contribution is 7.98. The summed E-state index contributed by atoms with van der Waals surface area (Å²) in [7, 11) is 1.90. The number of hydrogen-bond acceptors (Lipinski definition) is 5. The van der Waals surface area contributed by atoms with Gasteiger partial charge in [0.25, 0.3) is 0 Å². The van der Waals surface area contributed by atoms with Crippen molar-refractivity contribution in [3.63, 3.8) is 0 Å². The van der Waals surface area contributed by atoms with Crippen LogP contribution in [0.4, 0.5) is 5.82 Å². The molecule has 0 bridgehead atoms. The molecule has 5 nitrogen and oxygen atoms in total. The van der Waals surface area contributed by atoms with Gasteiger partial charge in [-0.25, -0.2) is 9.97 Å². The Labute approximate surface area is 110 Å². The number of nitrogens with one attached hydrogen (secondary N) is 1. The van der Waals surface area contributed by atoms with E-state index in [1.54, 1.807) is 10.9 Å². The van der Waals surface area contributed by atoms with Gasteiger partial charge in [0.1, 0.15) is 5.82 Å². The van der Waals surface area contributed by atoms with Crippen molar-refractivity contribution in [1.29, 1.82) is 0 Å². The lowest BCUT2D eigenvalue weighted by atomic mass is 10.2. The number of anilines is 1. The zero-order chi connectivity index (χ0) is 12.5. The zero-order valence-electron chi connectivity index (χ0n) is 10.5. The van der Waals surface area contributed by atoms with Crippen LogP contribution in [0.15, 0.2) is 12.4 Å². The number of fused-ring (bicyclic) bond motifs is 1. The molecule has 6 heteroatoms. The van der Waals surface area contributed by atoms with E-state index in [9.17, 15) is 0 Å². The van der Waals surface area contributed by atoms with E-state index < -0.39 is 0 Å². The van der Waals surface area contributed by atoms with Crippen molar-refractivity contribution >= 4 is 17.6 Å². The van der Waals surface area contributed by atoms with Gasteiger partial charge in [0.2, 0.25) is 0 Å². The fourth-order valence-electron chi connectivity index (χ4n) is 2.03. The molecule has 3 heterocycles. The Balaban J connectivity index is 2.08. The molecule has 2 aromatic rings. The highest BCUT2D eigenvalue weighted by Crippen LogP contribution is 2.34. The summed E-state index contributed by atoms with van der Waals surface area (Å²) in [6.45, 7) is 2.96. The van der Waals surface area contributed by atoms with Gasteiger partial charge in [-0.1, -0.05) is 0 Å². The summed E-state index contributed by atoms with van der Waals surface area (Å²) < 4.78 is 1.77. The van der Waals surface area contributed by atoms with E-state index in [-0.39, 0.29) is 0 Å². The lowest BCUT2D eigenvalue weighted by Gasteiger charge is -2.09. The average Bonchev–Trinajstić information content (AvgIpc) is 2.97. The minimum atomic E-state index is 0.764. The second-order valence-electron chi connectivity index (χ2n) is 4.25. The van der Waals surface area contributed by atoms with E-state index >= 15 is 0 Å². The summed E-state index contributed by atoms with van der Waals surface area (Å²) in [4.78, 5) is 9.28. The fraction of sp³-hybridized carbons (Fsp3) is 0.417. The predicted octanol–water partition coefficient (Wildman–Crippen LogP) is 2.06. The summed E-state index contributed by atoms with van der Waals surface area (Å²) >= 11 is 1.89. The van der Waals surface area contributed by atoms with Gasteiger partial charge in [-0.2, -0.15) is 16.9 Å². The smallest absolute Gasteiger partial charge is 0.164 e. The van der Waals surface area contributed by atoms with Crippen LogP contribution in [0.1, 0.15) is 18.2 Å². The second kappa shape index (κ2) is 4.61. The molecule has 3 rings (SSSR count). The van der Waals surface area contributed by atoms with E-state index in [4.69, 9.17) is 0 Å². The first-order valence-corrected chi connectivity index (χ1v) is 7.14. The van der Waals surface area contributed by atoms with Crippen molar-refractivity contribution < 1.29 is 0 Å². The first-order chi connectivity index (χ1) is 8.78. The Bertz CT molecular complexity index is 578. The second-order valence-corrected chi connectivity index (χ2v) is 5.23. The van der Waals surface area contributed by atoms with Crippen LogP contribution in [-0.2, 0) is 18.6 Å². The molecule has 0 radical (unpaired) electrons. The van der Waals surface area contributed by atoms with E-state index in [0.29, 0.717) is 0 Å². The molecule has 94 valence electrons. The van der Waals surface area contributed by atoms with Crippen LogP contribution >= 0.6 is 11.8 Å². The minimum absolute atomic E-state index is 0.764. The van der Waals surface area contributed by atoms with E-state index in [0.717, 1.165) is 41.0 Å². The number of aryl methyl sites for hydroxylation is 1. The minimum Gasteiger partial charge on any atom is -0.370 e. The maximum Gasteiger partial charge on any atom is 0.164 e. The number of aromatic nitrogens is 4. The SMILES string of the molecule is CCNc1nc(-c2cnn(C)c2)nc2c1CSC2. The highest BCUT2D eigenvalue weighted by Gasteiger charge is 2.20. The van der Waals surface area contributed by atoms with Crippen LogP contribution < -0.4 is 5.32 Å². The number of nitrogens with zero attached hydrogens (tertiary/aromatic N) is 4. The van der Waals surface area contributed by atoms with Crippen LogP contribution in [-0.4, -0.2) is 26.3 Å². The van der Waals surface area contributed by atoms with Gasteiger partial charge in [-0.15, -0.1) is 0 Å². The topological polar surface area (TPSA) is 55.6 Å². The van der Waals surface area contributed by atoms with Gasteiger partial charge in [0.15, 0.2) is 5.82 Å². The van der Waals surface area contributed by atoms with Crippen LogP contribution in [0, 0.1) is 0 Å². The third kappa shape index (κ3) is 1.96. The largest absolute Gasteiger partial charge is 0.370 e. The molecule has 0 saturated carbocycles. The molecular weight excluding hydrogens is 246 g/mol. The maximum atomic E-state index is 4.65. The van der Waals surface area contributed by atoms with Crippen LogP contribution in [0.3, 0.4) is 0 Å². The Morgan fingerprint density at radius 2 is 2.28 bits per heavy atom. The Hall–Kier alpha value is -1.56. The molecule has 0 atom stereocenters. The average molecular weight is 261 g/mol. The van der Waals surface area contributed by atoms with Crippen molar-refractivity contribution in [2.75, 3.05) is 11.9 Å². The summed E-state index contributed by atoms with van der Waals surface area (Å²) in [5, 5.41) is 7.51. The third-order valence-electron chi connectivity index (χ3n) is 2.89. The van der Waals surface area contributed by atoms with Gasteiger partial charge < -0.3 is 5.32 Å².